The van der Waals surface area contributed by atoms with Gasteiger partial charge in [0.1, 0.15) is 10.7 Å². The van der Waals surface area contributed by atoms with Gasteiger partial charge in [0.25, 0.3) is 5.91 Å². The molecule has 19 heavy (non-hydrogen) atoms. The number of amides is 1. The Hall–Kier alpha value is -1.24. The van der Waals surface area contributed by atoms with E-state index in [1.807, 2.05) is 27.2 Å². The van der Waals surface area contributed by atoms with Crippen molar-refractivity contribution in [2.75, 3.05) is 13.1 Å². The average Bonchev–Trinajstić information content (AvgIpc) is 3.11. The summed E-state index contributed by atoms with van der Waals surface area (Å²) in [6.07, 6.45) is 3.56. The van der Waals surface area contributed by atoms with E-state index in [-0.39, 0.29) is 5.91 Å². The van der Waals surface area contributed by atoms with Crippen molar-refractivity contribution in [1.29, 1.82) is 0 Å². The fraction of sp³-hybridized carbons (Fsp3) is 0.385. The minimum absolute atomic E-state index is 0.0976. The molecule has 1 aliphatic heterocycles. The number of aromatic nitrogens is 1. The van der Waals surface area contributed by atoms with Gasteiger partial charge in [0.2, 0.25) is 0 Å². The third-order valence-corrected chi connectivity index (χ3v) is 4.70. The van der Waals surface area contributed by atoms with Crippen molar-refractivity contribution in [2.24, 2.45) is 0 Å². The third kappa shape index (κ3) is 3.02. The fourth-order valence-electron chi connectivity index (χ4n) is 2.10. The number of carbonyl (C=O) groups excluding carboxylic acids is 1. The highest BCUT2D eigenvalue weighted by atomic mass is 32.1. The highest BCUT2D eigenvalue weighted by Gasteiger charge is 2.16. The van der Waals surface area contributed by atoms with E-state index in [0.717, 1.165) is 36.5 Å². The van der Waals surface area contributed by atoms with Crippen molar-refractivity contribution < 1.29 is 4.79 Å². The first-order chi connectivity index (χ1) is 9.33. The van der Waals surface area contributed by atoms with Gasteiger partial charge < -0.3 is 0 Å². The number of piperidine rings is 1. The molecule has 0 unspecified atom stereocenters. The summed E-state index contributed by atoms with van der Waals surface area (Å²) in [6.45, 7) is 1.88. The molecule has 1 N–H and O–H groups in total. The smallest absolute Gasteiger partial charge is 0.283 e. The summed E-state index contributed by atoms with van der Waals surface area (Å²) in [5, 5.41) is 8.79. The van der Waals surface area contributed by atoms with E-state index >= 15 is 0 Å². The summed E-state index contributed by atoms with van der Waals surface area (Å²) in [4.78, 5) is 16.5. The second kappa shape index (κ2) is 5.81. The van der Waals surface area contributed by atoms with Gasteiger partial charge in [-0.15, -0.1) is 11.3 Å². The number of hydrogen-bond acceptors (Lipinski definition) is 5. The normalized spacial score (nSPS) is 16.4. The molecule has 2 aromatic rings. The zero-order valence-corrected chi connectivity index (χ0v) is 12.1. The van der Waals surface area contributed by atoms with E-state index in [4.69, 9.17) is 0 Å². The van der Waals surface area contributed by atoms with Gasteiger partial charge in [-0.25, -0.2) is 9.99 Å². The second-order valence-electron chi connectivity index (χ2n) is 4.54. The number of thiophene rings is 1. The van der Waals surface area contributed by atoms with E-state index < -0.39 is 0 Å². The van der Waals surface area contributed by atoms with Crippen LogP contribution in [0.3, 0.4) is 0 Å². The summed E-state index contributed by atoms with van der Waals surface area (Å²) in [5.74, 6) is -0.0976. The zero-order chi connectivity index (χ0) is 13.1. The van der Waals surface area contributed by atoms with E-state index in [1.165, 1.54) is 17.8 Å². The molecule has 0 aliphatic carbocycles. The molecule has 3 heterocycles. The Kier molecular flexibility index (Phi) is 3.91. The lowest BCUT2D eigenvalue weighted by atomic mass is 10.2. The number of hydrogen-bond donors (Lipinski definition) is 1. The molecule has 4 nitrogen and oxygen atoms in total. The van der Waals surface area contributed by atoms with Crippen LogP contribution < -0.4 is 5.43 Å². The summed E-state index contributed by atoms with van der Waals surface area (Å²) in [7, 11) is 0. The molecule has 0 saturated carbocycles. The van der Waals surface area contributed by atoms with Crippen molar-refractivity contribution in [3.8, 4) is 10.6 Å². The van der Waals surface area contributed by atoms with E-state index in [0.29, 0.717) is 5.69 Å². The first-order valence-electron chi connectivity index (χ1n) is 6.37. The van der Waals surface area contributed by atoms with Crippen molar-refractivity contribution in [3.05, 3.63) is 27.9 Å². The molecular weight excluding hydrogens is 278 g/mol. The molecule has 3 rings (SSSR count). The van der Waals surface area contributed by atoms with E-state index in [9.17, 15) is 4.79 Å². The van der Waals surface area contributed by atoms with Crippen LogP contribution >= 0.6 is 22.7 Å². The maximum atomic E-state index is 12.1. The molecule has 1 saturated heterocycles. The number of carbonyl (C=O) groups is 1. The van der Waals surface area contributed by atoms with Gasteiger partial charge in [-0.3, -0.25) is 10.2 Å². The number of rotatable bonds is 3. The number of nitrogens with one attached hydrogen (secondary N) is 1. The summed E-state index contributed by atoms with van der Waals surface area (Å²) in [5.41, 5.74) is 4.54. The first kappa shape index (κ1) is 12.8. The molecule has 6 heteroatoms. The van der Waals surface area contributed by atoms with Crippen LogP contribution in [0.25, 0.3) is 10.6 Å². The molecule has 0 radical (unpaired) electrons. The average molecular weight is 293 g/mol. The van der Waals surface area contributed by atoms with E-state index in [1.54, 1.807) is 11.3 Å². The van der Waals surface area contributed by atoms with E-state index in [2.05, 4.69) is 10.4 Å². The van der Waals surface area contributed by atoms with Crippen LogP contribution in [0.4, 0.5) is 0 Å². The highest BCUT2D eigenvalue weighted by molar-refractivity contribution is 7.14. The maximum Gasteiger partial charge on any atom is 0.285 e. The number of hydrazine groups is 1. The molecular formula is C13H15N3OS2. The molecule has 1 amide bonds. The van der Waals surface area contributed by atoms with Crippen LogP contribution in [0.2, 0.25) is 0 Å². The predicted molar refractivity (Wildman–Crippen MR) is 78.3 cm³/mol. The van der Waals surface area contributed by atoms with Crippen LogP contribution in [0.1, 0.15) is 29.8 Å². The minimum Gasteiger partial charge on any atom is -0.283 e. The number of nitrogens with zero attached hydrogens (tertiary/aromatic N) is 2. The fourth-order valence-corrected chi connectivity index (χ4v) is 3.62. The Balaban J connectivity index is 1.67. The predicted octanol–water partition coefficient (Wildman–Crippen LogP) is 3.00. The maximum absolute atomic E-state index is 12.1. The highest BCUT2D eigenvalue weighted by Crippen LogP contribution is 2.25. The topological polar surface area (TPSA) is 45.2 Å². The largest absolute Gasteiger partial charge is 0.285 e. The van der Waals surface area contributed by atoms with Crippen molar-refractivity contribution >= 4 is 28.6 Å². The third-order valence-electron chi connectivity index (χ3n) is 3.12. The van der Waals surface area contributed by atoms with Gasteiger partial charge in [-0.05, 0) is 24.3 Å². The van der Waals surface area contributed by atoms with Gasteiger partial charge in [0.05, 0.1) is 0 Å². The van der Waals surface area contributed by atoms with Crippen molar-refractivity contribution in [2.45, 2.75) is 19.3 Å². The zero-order valence-electron chi connectivity index (χ0n) is 10.5. The minimum atomic E-state index is -0.0976. The Morgan fingerprint density at radius 3 is 2.84 bits per heavy atom. The van der Waals surface area contributed by atoms with Crippen LogP contribution in [0.5, 0.6) is 0 Å². The summed E-state index contributed by atoms with van der Waals surface area (Å²) >= 11 is 3.15. The van der Waals surface area contributed by atoms with Crippen LogP contribution in [0.15, 0.2) is 22.2 Å². The van der Waals surface area contributed by atoms with Crippen molar-refractivity contribution in [1.82, 2.24) is 15.4 Å². The Morgan fingerprint density at radius 2 is 2.11 bits per heavy atom. The van der Waals surface area contributed by atoms with Crippen LogP contribution in [0, 0.1) is 0 Å². The Morgan fingerprint density at radius 1 is 1.26 bits per heavy atom. The van der Waals surface area contributed by atoms with Crippen molar-refractivity contribution in [3.63, 3.8) is 0 Å². The number of thiazole rings is 1. The van der Waals surface area contributed by atoms with Crippen LogP contribution in [-0.4, -0.2) is 29.0 Å². The van der Waals surface area contributed by atoms with Gasteiger partial charge in [-0.1, -0.05) is 6.42 Å². The molecule has 100 valence electrons. The Bertz CT molecular complexity index is 544. The molecule has 0 aromatic carbocycles. The Labute approximate surface area is 120 Å². The quantitative estimate of drug-likeness (QED) is 0.946. The lowest BCUT2D eigenvalue weighted by molar-refractivity contribution is 0.0745. The molecule has 0 bridgehead atoms. The molecule has 1 aliphatic rings. The van der Waals surface area contributed by atoms with Gasteiger partial charge in [0.15, 0.2) is 0 Å². The summed E-state index contributed by atoms with van der Waals surface area (Å²) < 4.78 is 0. The van der Waals surface area contributed by atoms with Crippen LogP contribution in [-0.2, 0) is 0 Å². The molecule has 0 atom stereocenters. The standard InChI is InChI=1S/C13H15N3OS2/c17-12(15-16-5-2-1-3-6-16)11-9-19-13(14-11)10-4-7-18-8-10/h4,7-9H,1-3,5-6H2,(H,15,17). The molecule has 1 fully saturated rings. The second-order valence-corrected chi connectivity index (χ2v) is 6.18. The molecule has 2 aromatic heterocycles. The lowest BCUT2D eigenvalue weighted by Gasteiger charge is -2.26. The molecule has 0 spiro atoms. The lowest BCUT2D eigenvalue weighted by Crippen LogP contribution is -2.45. The monoisotopic (exact) mass is 293 g/mol. The summed E-state index contributed by atoms with van der Waals surface area (Å²) in [6, 6.07) is 2.02. The first-order valence-corrected chi connectivity index (χ1v) is 8.19. The SMILES string of the molecule is O=C(NN1CCCCC1)c1csc(-c2ccsc2)n1. The van der Waals surface area contributed by atoms with Gasteiger partial charge >= 0.3 is 0 Å². The van der Waals surface area contributed by atoms with Gasteiger partial charge in [0, 0.05) is 29.4 Å². The van der Waals surface area contributed by atoms with Gasteiger partial charge in [-0.2, -0.15) is 11.3 Å².